The Bertz CT molecular complexity index is 949. The maximum Gasteiger partial charge on any atom is 0.312 e. The number of aliphatic hydroxyl groups excluding tert-OH is 1. The van der Waals surface area contributed by atoms with E-state index in [2.05, 4.69) is 4.98 Å². The van der Waals surface area contributed by atoms with Gasteiger partial charge in [-0.2, -0.15) is 8.78 Å². The zero-order valence-corrected chi connectivity index (χ0v) is 13.4. The van der Waals surface area contributed by atoms with Crippen molar-refractivity contribution in [3.63, 3.8) is 0 Å². The van der Waals surface area contributed by atoms with Gasteiger partial charge in [0, 0.05) is 23.4 Å². The van der Waals surface area contributed by atoms with Crippen LogP contribution < -0.4 is 4.74 Å². The van der Waals surface area contributed by atoms with E-state index in [9.17, 15) is 31.1 Å². The number of aromatic nitrogens is 1. The highest BCUT2D eigenvalue weighted by Gasteiger charge is 2.58. The Morgan fingerprint density at radius 3 is 2.52 bits per heavy atom. The van der Waals surface area contributed by atoms with E-state index < -0.39 is 55.6 Å². The SMILES string of the molecule is CS(=O)(=O)c1ccc(Oc2cncc(F)c2)c2c1[C@H](O)C(F)(F)[C@@H]2F. The number of aliphatic hydroxyl groups is 1. The highest BCUT2D eigenvalue weighted by atomic mass is 32.2. The number of fused-ring (bicyclic) bond motifs is 1. The van der Waals surface area contributed by atoms with Crippen molar-refractivity contribution in [2.75, 3.05) is 6.26 Å². The molecule has 0 amide bonds. The van der Waals surface area contributed by atoms with Gasteiger partial charge in [-0.05, 0) is 12.1 Å². The van der Waals surface area contributed by atoms with Gasteiger partial charge in [0.1, 0.15) is 23.4 Å². The number of ether oxygens (including phenoxy) is 1. The number of hydrogen-bond acceptors (Lipinski definition) is 5. The maximum absolute atomic E-state index is 14.3. The molecule has 0 fully saturated rings. The molecule has 2 aromatic rings. The minimum absolute atomic E-state index is 0.203. The normalized spacial score (nSPS) is 21.8. The van der Waals surface area contributed by atoms with Crippen molar-refractivity contribution in [1.29, 1.82) is 0 Å². The molecule has 1 aliphatic carbocycles. The monoisotopic (exact) mass is 377 g/mol. The van der Waals surface area contributed by atoms with Gasteiger partial charge in [-0.25, -0.2) is 17.2 Å². The van der Waals surface area contributed by atoms with Gasteiger partial charge < -0.3 is 9.84 Å². The average Bonchev–Trinajstić information content (AvgIpc) is 2.68. The highest BCUT2D eigenvalue weighted by molar-refractivity contribution is 7.90. The van der Waals surface area contributed by atoms with Gasteiger partial charge in [-0.3, -0.25) is 4.98 Å². The molecular formula is C15H11F4NO4S. The first-order chi connectivity index (χ1) is 11.5. The van der Waals surface area contributed by atoms with Gasteiger partial charge >= 0.3 is 5.92 Å². The van der Waals surface area contributed by atoms with Crippen LogP contribution in [0.15, 0.2) is 35.5 Å². The van der Waals surface area contributed by atoms with Gasteiger partial charge in [0.05, 0.1) is 17.3 Å². The first-order valence-electron chi connectivity index (χ1n) is 6.88. The molecule has 0 unspecified atom stereocenters. The molecule has 0 saturated carbocycles. The summed E-state index contributed by atoms with van der Waals surface area (Å²) >= 11 is 0. The van der Waals surface area contributed by atoms with Crippen LogP contribution >= 0.6 is 0 Å². The van der Waals surface area contributed by atoms with Crippen LogP contribution in [0.4, 0.5) is 17.6 Å². The van der Waals surface area contributed by atoms with Gasteiger partial charge in [-0.1, -0.05) is 0 Å². The van der Waals surface area contributed by atoms with Crippen LogP contribution in [0.2, 0.25) is 0 Å². The Labute approximate surface area is 139 Å². The molecule has 1 N–H and O–H groups in total. The van der Waals surface area contributed by atoms with Crippen molar-refractivity contribution < 1.29 is 35.8 Å². The molecule has 0 aliphatic heterocycles. The number of halogens is 4. The highest BCUT2D eigenvalue weighted by Crippen LogP contribution is 2.57. The van der Waals surface area contributed by atoms with Crippen LogP contribution in [0.3, 0.4) is 0 Å². The van der Waals surface area contributed by atoms with Crippen LogP contribution in [0.25, 0.3) is 0 Å². The van der Waals surface area contributed by atoms with Crippen LogP contribution in [0.5, 0.6) is 11.5 Å². The smallest absolute Gasteiger partial charge is 0.312 e. The van der Waals surface area contributed by atoms with Crippen molar-refractivity contribution in [2.24, 2.45) is 0 Å². The fourth-order valence-electron chi connectivity index (χ4n) is 2.65. The summed E-state index contributed by atoms with van der Waals surface area (Å²) in [5.41, 5.74) is -1.55. The van der Waals surface area contributed by atoms with Gasteiger partial charge in [0.2, 0.25) is 0 Å². The minimum Gasteiger partial charge on any atom is -0.455 e. The van der Waals surface area contributed by atoms with Crippen LogP contribution in [-0.4, -0.2) is 30.7 Å². The fourth-order valence-corrected chi connectivity index (χ4v) is 3.59. The summed E-state index contributed by atoms with van der Waals surface area (Å²) in [5, 5.41) is 9.78. The van der Waals surface area contributed by atoms with E-state index in [1.807, 2.05) is 0 Å². The van der Waals surface area contributed by atoms with E-state index in [0.717, 1.165) is 36.8 Å². The van der Waals surface area contributed by atoms with E-state index in [0.29, 0.717) is 0 Å². The van der Waals surface area contributed by atoms with E-state index in [4.69, 9.17) is 4.74 Å². The Hall–Kier alpha value is -2.20. The number of pyridine rings is 1. The zero-order chi connectivity index (χ0) is 18.6. The molecule has 0 radical (unpaired) electrons. The molecule has 3 rings (SSSR count). The molecule has 0 saturated heterocycles. The third-order valence-corrected chi connectivity index (χ3v) is 4.90. The predicted molar refractivity (Wildman–Crippen MR) is 77.6 cm³/mol. The Morgan fingerprint density at radius 2 is 1.92 bits per heavy atom. The van der Waals surface area contributed by atoms with E-state index >= 15 is 0 Å². The Kier molecular flexibility index (Phi) is 3.99. The minimum atomic E-state index is -4.23. The molecule has 10 heteroatoms. The molecule has 1 aliphatic rings. The maximum atomic E-state index is 14.3. The lowest BCUT2D eigenvalue weighted by atomic mass is 10.1. The average molecular weight is 377 g/mol. The first-order valence-corrected chi connectivity index (χ1v) is 8.78. The van der Waals surface area contributed by atoms with Gasteiger partial charge in [0.15, 0.2) is 16.0 Å². The van der Waals surface area contributed by atoms with E-state index in [1.165, 1.54) is 0 Å². The third-order valence-electron chi connectivity index (χ3n) is 3.74. The Balaban J connectivity index is 2.21. The summed E-state index contributed by atoms with van der Waals surface area (Å²) in [6.45, 7) is 0. The lowest BCUT2D eigenvalue weighted by Crippen LogP contribution is -2.24. The zero-order valence-electron chi connectivity index (χ0n) is 12.6. The van der Waals surface area contributed by atoms with Gasteiger partial charge in [-0.15, -0.1) is 0 Å². The van der Waals surface area contributed by atoms with Crippen molar-refractivity contribution in [3.05, 3.63) is 47.5 Å². The third kappa shape index (κ3) is 2.85. The number of nitrogens with zero attached hydrogens (tertiary/aromatic N) is 1. The molecule has 1 aromatic heterocycles. The van der Waals surface area contributed by atoms with Crippen molar-refractivity contribution in [1.82, 2.24) is 4.98 Å². The van der Waals surface area contributed by atoms with E-state index in [-0.39, 0.29) is 5.75 Å². The second-order valence-corrected chi connectivity index (χ2v) is 7.53. The lowest BCUT2D eigenvalue weighted by Gasteiger charge is -2.16. The molecule has 1 heterocycles. The number of alkyl halides is 3. The van der Waals surface area contributed by atoms with Crippen molar-refractivity contribution in [3.8, 4) is 11.5 Å². The molecular weight excluding hydrogens is 366 g/mol. The summed E-state index contributed by atoms with van der Waals surface area (Å²) in [6.07, 6.45) is -2.96. The largest absolute Gasteiger partial charge is 0.455 e. The molecule has 134 valence electrons. The summed E-state index contributed by atoms with van der Waals surface area (Å²) in [4.78, 5) is 2.88. The molecule has 5 nitrogen and oxygen atoms in total. The molecule has 2 atom stereocenters. The number of benzene rings is 1. The second kappa shape index (κ2) is 5.67. The first kappa shape index (κ1) is 17.6. The number of rotatable bonds is 3. The fraction of sp³-hybridized carbons (Fsp3) is 0.267. The van der Waals surface area contributed by atoms with Crippen LogP contribution in [0, 0.1) is 5.82 Å². The van der Waals surface area contributed by atoms with E-state index in [1.54, 1.807) is 0 Å². The molecule has 1 aromatic carbocycles. The van der Waals surface area contributed by atoms with Crippen molar-refractivity contribution >= 4 is 9.84 Å². The summed E-state index contributed by atoms with van der Waals surface area (Å²) in [6, 6.07) is 2.79. The predicted octanol–water partition coefficient (Wildman–Crippen LogP) is 3.11. The van der Waals surface area contributed by atoms with Crippen LogP contribution in [-0.2, 0) is 9.84 Å². The number of sulfone groups is 1. The molecule has 0 spiro atoms. The van der Waals surface area contributed by atoms with Gasteiger partial charge in [0.25, 0.3) is 0 Å². The lowest BCUT2D eigenvalue weighted by molar-refractivity contribution is -0.143. The molecule has 0 bridgehead atoms. The number of hydrogen-bond donors (Lipinski definition) is 1. The van der Waals surface area contributed by atoms with Crippen LogP contribution in [0.1, 0.15) is 23.4 Å². The topological polar surface area (TPSA) is 76.5 Å². The Morgan fingerprint density at radius 1 is 1.24 bits per heavy atom. The summed E-state index contributed by atoms with van der Waals surface area (Å²) in [5.74, 6) is -5.67. The van der Waals surface area contributed by atoms with Crippen molar-refractivity contribution in [2.45, 2.75) is 23.1 Å². The quantitative estimate of drug-likeness (QED) is 0.832. The standard InChI is InChI=1S/C15H11F4NO4S/c1-25(22,23)10-3-2-9(24-8-4-7(16)5-20-6-8)11-12(10)14(21)15(18,19)13(11)17/h2-6,13-14,21H,1H3/t13-,14+/m1/s1. The second-order valence-electron chi connectivity index (χ2n) is 5.54. The summed E-state index contributed by atoms with van der Waals surface area (Å²) < 4.78 is 84.1. The molecule has 25 heavy (non-hydrogen) atoms. The summed E-state index contributed by atoms with van der Waals surface area (Å²) in [7, 11) is -4.02.